The van der Waals surface area contributed by atoms with Crippen LogP contribution in [0.2, 0.25) is 0 Å². The van der Waals surface area contributed by atoms with Crippen molar-refractivity contribution in [3.8, 4) is 0 Å². The number of hydrogen-bond acceptors (Lipinski definition) is 4. The fourth-order valence-electron chi connectivity index (χ4n) is 2.95. The predicted molar refractivity (Wildman–Crippen MR) is 89.0 cm³/mol. The van der Waals surface area contributed by atoms with Gasteiger partial charge in [0.2, 0.25) is 0 Å². The van der Waals surface area contributed by atoms with Crippen molar-refractivity contribution >= 4 is 5.97 Å². The summed E-state index contributed by atoms with van der Waals surface area (Å²) in [5, 5.41) is 6.10. The number of hydrogen-bond donors (Lipinski definition) is 2. The fourth-order valence-corrected chi connectivity index (χ4v) is 2.95. The van der Waals surface area contributed by atoms with Gasteiger partial charge in [-0.05, 0) is 58.3 Å². The molecule has 0 aromatic heterocycles. The van der Waals surface area contributed by atoms with Crippen molar-refractivity contribution in [1.29, 1.82) is 0 Å². The Labute approximate surface area is 150 Å². The number of halogens is 4. The van der Waals surface area contributed by atoms with Crippen LogP contribution in [0.15, 0.2) is 18.2 Å². The van der Waals surface area contributed by atoms with Gasteiger partial charge in [-0.1, -0.05) is 12.1 Å². The zero-order valence-corrected chi connectivity index (χ0v) is 15.0. The molecule has 0 saturated carbocycles. The molecule has 0 spiro atoms. The summed E-state index contributed by atoms with van der Waals surface area (Å²) in [7, 11) is 0. The van der Waals surface area contributed by atoms with E-state index in [1.54, 1.807) is 20.8 Å². The monoisotopic (exact) mass is 376 g/mol. The molecule has 26 heavy (non-hydrogen) atoms. The van der Waals surface area contributed by atoms with Crippen molar-refractivity contribution in [2.45, 2.75) is 57.5 Å². The van der Waals surface area contributed by atoms with Gasteiger partial charge in [-0.15, -0.1) is 0 Å². The van der Waals surface area contributed by atoms with Crippen LogP contribution >= 0.6 is 0 Å². The number of piperidine rings is 1. The highest BCUT2D eigenvalue weighted by Gasteiger charge is 2.41. The molecular weight excluding hydrogens is 352 g/mol. The Morgan fingerprint density at radius 1 is 1.23 bits per heavy atom. The summed E-state index contributed by atoms with van der Waals surface area (Å²) in [5.74, 6) is -2.26. The normalized spacial score (nSPS) is 17.8. The standard InChI is InChI=1S/C18H24F4N2O2/c1-17(2,3)26-16(25)15(24-11-7-9-23-10-8-11)12-5-4-6-13(19)14(12)18(20,21)22/h4-6,11,15,23-24H,7-10H2,1-3H3. The van der Waals surface area contributed by atoms with E-state index >= 15 is 0 Å². The Kier molecular flexibility index (Phi) is 6.29. The molecule has 1 unspecified atom stereocenters. The third-order valence-electron chi connectivity index (χ3n) is 4.02. The molecule has 4 nitrogen and oxygen atoms in total. The van der Waals surface area contributed by atoms with Crippen LogP contribution in [0.25, 0.3) is 0 Å². The maximum absolute atomic E-state index is 14.0. The second kappa shape index (κ2) is 7.92. The maximum Gasteiger partial charge on any atom is 0.419 e. The molecule has 1 heterocycles. The van der Waals surface area contributed by atoms with Crippen LogP contribution in [-0.2, 0) is 15.7 Å². The second-order valence-corrected chi connectivity index (χ2v) is 7.36. The molecule has 1 aliphatic rings. The lowest BCUT2D eigenvalue weighted by Crippen LogP contribution is -2.45. The summed E-state index contributed by atoms with van der Waals surface area (Å²) < 4.78 is 59.5. The average Bonchev–Trinajstić information content (AvgIpc) is 2.50. The summed E-state index contributed by atoms with van der Waals surface area (Å²) in [4.78, 5) is 12.6. The van der Waals surface area contributed by atoms with Gasteiger partial charge in [0.1, 0.15) is 17.5 Å². The lowest BCUT2D eigenvalue weighted by atomic mass is 9.96. The van der Waals surface area contributed by atoms with E-state index in [4.69, 9.17) is 4.74 Å². The third kappa shape index (κ3) is 5.41. The average molecular weight is 376 g/mol. The van der Waals surface area contributed by atoms with Crippen molar-refractivity contribution in [1.82, 2.24) is 10.6 Å². The van der Waals surface area contributed by atoms with E-state index in [1.165, 1.54) is 6.07 Å². The Balaban J connectivity index is 2.43. The zero-order chi connectivity index (χ0) is 19.5. The molecule has 0 amide bonds. The van der Waals surface area contributed by atoms with Crippen molar-refractivity contribution < 1.29 is 27.1 Å². The van der Waals surface area contributed by atoms with Gasteiger partial charge in [0.15, 0.2) is 0 Å². The van der Waals surface area contributed by atoms with E-state index in [-0.39, 0.29) is 6.04 Å². The molecule has 2 rings (SSSR count). The van der Waals surface area contributed by atoms with Gasteiger partial charge < -0.3 is 10.1 Å². The Hall–Kier alpha value is -1.67. The summed E-state index contributed by atoms with van der Waals surface area (Å²) in [6.45, 7) is 6.26. The molecule has 146 valence electrons. The van der Waals surface area contributed by atoms with E-state index in [0.29, 0.717) is 25.9 Å². The summed E-state index contributed by atoms with van der Waals surface area (Å²) in [5.41, 5.74) is -2.76. The van der Waals surface area contributed by atoms with E-state index in [9.17, 15) is 22.4 Å². The molecule has 1 atom stereocenters. The lowest BCUT2D eigenvalue weighted by molar-refractivity contribution is -0.158. The third-order valence-corrected chi connectivity index (χ3v) is 4.02. The quantitative estimate of drug-likeness (QED) is 0.623. The van der Waals surface area contributed by atoms with E-state index in [1.807, 2.05) is 0 Å². The van der Waals surface area contributed by atoms with Gasteiger partial charge in [0, 0.05) is 6.04 Å². The van der Waals surface area contributed by atoms with Crippen molar-refractivity contribution in [3.05, 3.63) is 35.1 Å². The minimum atomic E-state index is -4.92. The lowest BCUT2D eigenvalue weighted by Gasteiger charge is -2.31. The SMILES string of the molecule is CC(C)(C)OC(=O)C(NC1CCNCC1)c1cccc(F)c1C(F)(F)F. The summed E-state index contributed by atoms with van der Waals surface area (Å²) in [6.07, 6.45) is -3.62. The van der Waals surface area contributed by atoms with Gasteiger partial charge in [-0.3, -0.25) is 5.32 Å². The number of ether oxygens (including phenoxy) is 1. The molecule has 1 aromatic rings. The summed E-state index contributed by atoms with van der Waals surface area (Å²) in [6, 6.07) is 1.46. The molecule has 1 saturated heterocycles. The number of carbonyl (C=O) groups is 1. The van der Waals surface area contributed by atoms with Crippen molar-refractivity contribution in [2.75, 3.05) is 13.1 Å². The van der Waals surface area contributed by atoms with Crippen LogP contribution in [0.5, 0.6) is 0 Å². The highest BCUT2D eigenvalue weighted by atomic mass is 19.4. The first kappa shape index (κ1) is 20.6. The topological polar surface area (TPSA) is 50.4 Å². The summed E-state index contributed by atoms with van der Waals surface area (Å²) >= 11 is 0. The highest BCUT2D eigenvalue weighted by Crippen LogP contribution is 2.37. The van der Waals surface area contributed by atoms with Crippen LogP contribution in [0.4, 0.5) is 17.6 Å². The van der Waals surface area contributed by atoms with Crippen molar-refractivity contribution in [3.63, 3.8) is 0 Å². The van der Waals surface area contributed by atoms with E-state index in [0.717, 1.165) is 12.1 Å². The fraction of sp³-hybridized carbons (Fsp3) is 0.611. The van der Waals surface area contributed by atoms with Crippen LogP contribution < -0.4 is 10.6 Å². The van der Waals surface area contributed by atoms with Gasteiger partial charge in [-0.2, -0.15) is 13.2 Å². The Morgan fingerprint density at radius 3 is 2.38 bits per heavy atom. The first-order valence-electron chi connectivity index (χ1n) is 8.54. The first-order chi connectivity index (χ1) is 12.0. The number of alkyl halides is 3. The molecular formula is C18H24F4N2O2. The highest BCUT2D eigenvalue weighted by molar-refractivity contribution is 5.78. The first-order valence-corrected chi connectivity index (χ1v) is 8.54. The van der Waals surface area contributed by atoms with Gasteiger partial charge in [0.25, 0.3) is 0 Å². The van der Waals surface area contributed by atoms with E-state index in [2.05, 4.69) is 10.6 Å². The second-order valence-electron chi connectivity index (χ2n) is 7.36. The number of rotatable bonds is 4. The molecule has 1 aromatic carbocycles. The number of esters is 1. The Bertz CT molecular complexity index is 635. The predicted octanol–water partition coefficient (Wildman–Crippen LogP) is 3.57. The molecule has 2 N–H and O–H groups in total. The molecule has 1 fully saturated rings. The number of benzene rings is 1. The van der Waals surface area contributed by atoms with Gasteiger partial charge in [-0.25, -0.2) is 9.18 Å². The van der Waals surface area contributed by atoms with Gasteiger partial charge >= 0.3 is 12.1 Å². The van der Waals surface area contributed by atoms with Crippen molar-refractivity contribution in [2.24, 2.45) is 0 Å². The smallest absolute Gasteiger partial charge is 0.419 e. The zero-order valence-electron chi connectivity index (χ0n) is 15.0. The minimum Gasteiger partial charge on any atom is -0.459 e. The van der Waals surface area contributed by atoms with Crippen LogP contribution in [0.3, 0.4) is 0 Å². The van der Waals surface area contributed by atoms with Gasteiger partial charge in [0.05, 0.1) is 5.56 Å². The van der Waals surface area contributed by atoms with E-state index < -0.39 is 40.7 Å². The molecule has 0 aliphatic carbocycles. The Morgan fingerprint density at radius 2 is 1.85 bits per heavy atom. The molecule has 0 bridgehead atoms. The molecule has 8 heteroatoms. The van der Waals surface area contributed by atoms with Crippen LogP contribution in [0, 0.1) is 5.82 Å². The number of nitrogens with one attached hydrogen (secondary N) is 2. The number of carbonyl (C=O) groups excluding carboxylic acids is 1. The van der Waals surface area contributed by atoms with Crippen LogP contribution in [-0.4, -0.2) is 30.7 Å². The maximum atomic E-state index is 14.0. The largest absolute Gasteiger partial charge is 0.459 e. The molecule has 1 aliphatic heterocycles. The minimum absolute atomic E-state index is 0.168. The van der Waals surface area contributed by atoms with Crippen LogP contribution in [0.1, 0.15) is 50.8 Å². The molecule has 0 radical (unpaired) electrons.